The van der Waals surface area contributed by atoms with Gasteiger partial charge in [0.1, 0.15) is 17.7 Å². The third kappa shape index (κ3) is 8.07. The van der Waals surface area contributed by atoms with Crippen molar-refractivity contribution in [1.82, 2.24) is 15.5 Å². The molecule has 2 rings (SSSR count). The third-order valence-electron chi connectivity index (χ3n) is 4.40. The maximum absolute atomic E-state index is 13.3. The highest BCUT2D eigenvalue weighted by Gasteiger charge is 2.19. The van der Waals surface area contributed by atoms with E-state index in [2.05, 4.69) is 34.5 Å². The molecule has 1 aliphatic heterocycles. The summed E-state index contributed by atoms with van der Waals surface area (Å²) in [5.74, 6) is 1.75. The average Bonchev–Trinajstić information content (AvgIpc) is 3.01. The van der Waals surface area contributed by atoms with Crippen LogP contribution in [0, 0.1) is 11.7 Å². The molecule has 5 nitrogen and oxygen atoms in total. The molecule has 2 unspecified atom stereocenters. The van der Waals surface area contributed by atoms with Crippen molar-refractivity contribution in [3.8, 4) is 5.75 Å². The summed E-state index contributed by atoms with van der Waals surface area (Å²) >= 11 is 0. The Kier molecular flexibility index (Phi) is 10.9. The Labute approximate surface area is 173 Å². The number of hydrogen-bond donors (Lipinski definition) is 2. The molecule has 0 spiro atoms. The largest absolute Gasteiger partial charge is 0.488 e. The number of ether oxygens (including phenoxy) is 1. The van der Waals surface area contributed by atoms with Crippen LogP contribution in [0.1, 0.15) is 26.7 Å². The number of nitrogens with zero attached hydrogens (tertiary/aromatic N) is 2. The number of aliphatic imine (C=N–C) groups is 1. The fraction of sp³-hybridized carbons (Fsp3) is 0.632. The minimum absolute atomic E-state index is 0. The summed E-state index contributed by atoms with van der Waals surface area (Å²) in [6.45, 7) is 8.68. The number of hydrogen-bond acceptors (Lipinski definition) is 3. The van der Waals surface area contributed by atoms with E-state index in [4.69, 9.17) is 4.74 Å². The highest BCUT2D eigenvalue weighted by molar-refractivity contribution is 14.0. The van der Waals surface area contributed by atoms with Crippen molar-refractivity contribution in [2.45, 2.75) is 32.8 Å². The van der Waals surface area contributed by atoms with E-state index in [-0.39, 0.29) is 35.9 Å². The lowest BCUT2D eigenvalue weighted by Crippen LogP contribution is -2.41. The first kappa shape index (κ1) is 23.0. The van der Waals surface area contributed by atoms with Crippen molar-refractivity contribution in [1.29, 1.82) is 0 Å². The van der Waals surface area contributed by atoms with Gasteiger partial charge >= 0.3 is 0 Å². The molecule has 1 fully saturated rings. The summed E-state index contributed by atoms with van der Waals surface area (Å²) in [5, 5.41) is 6.71. The van der Waals surface area contributed by atoms with Gasteiger partial charge in [-0.15, -0.1) is 24.0 Å². The second-order valence-electron chi connectivity index (χ2n) is 6.62. The van der Waals surface area contributed by atoms with Crippen LogP contribution < -0.4 is 15.4 Å². The van der Waals surface area contributed by atoms with Crippen LogP contribution >= 0.6 is 24.0 Å². The Morgan fingerprint density at radius 2 is 2.19 bits per heavy atom. The van der Waals surface area contributed by atoms with Crippen molar-refractivity contribution in [3.63, 3.8) is 0 Å². The van der Waals surface area contributed by atoms with Gasteiger partial charge in [-0.3, -0.25) is 0 Å². The second kappa shape index (κ2) is 12.3. The van der Waals surface area contributed by atoms with E-state index in [1.807, 2.05) is 6.92 Å². The van der Waals surface area contributed by atoms with Crippen molar-refractivity contribution < 1.29 is 9.13 Å². The van der Waals surface area contributed by atoms with Crippen molar-refractivity contribution in [3.05, 3.63) is 30.1 Å². The lowest BCUT2D eigenvalue weighted by Gasteiger charge is -2.18. The molecule has 1 aromatic rings. The predicted octanol–water partition coefficient (Wildman–Crippen LogP) is 3.11. The molecule has 26 heavy (non-hydrogen) atoms. The van der Waals surface area contributed by atoms with Gasteiger partial charge in [-0.2, -0.15) is 0 Å². The van der Waals surface area contributed by atoms with E-state index in [9.17, 15) is 4.39 Å². The molecule has 1 heterocycles. The Bertz CT molecular complexity index is 558. The number of nitrogens with one attached hydrogen (secondary N) is 2. The molecule has 1 aromatic carbocycles. The molecular weight excluding hydrogens is 446 g/mol. The maximum atomic E-state index is 13.3. The van der Waals surface area contributed by atoms with Crippen LogP contribution in [0.5, 0.6) is 5.75 Å². The first-order chi connectivity index (χ1) is 12.1. The number of rotatable bonds is 8. The third-order valence-corrected chi connectivity index (χ3v) is 4.40. The van der Waals surface area contributed by atoms with E-state index in [0.717, 1.165) is 32.0 Å². The molecule has 1 saturated heterocycles. The molecule has 1 aliphatic rings. The van der Waals surface area contributed by atoms with Crippen LogP contribution in [0.4, 0.5) is 4.39 Å². The summed E-state index contributed by atoms with van der Waals surface area (Å²) in [5.41, 5.74) is 0. The predicted molar refractivity (Wildman–Crippen MR) is 116 cm³/mol. The smallest absolute Gasteiger partial charge is 0.191 e. The minimum Gasteiger partial charge on any atom is -0.488 e. The maximum Gasteiger partial charge on any atom is 0.191 e. The lowest BCUT2D eigenvalue weighted by molar-refractivity contribution is 0.205. The first-order valence-electron chi connectivity index (χ1n) is 9.23. The normalized spacial score (nSPS) is 18.9. The SMILES string of the molecule is CCNC(=NCC(CC)Oc1cccc(F)c1)NCC1CCN(C)C1.I. The van der Waals surface area contributed by atoms with Gasteiger partial charge in [-0.1, -0.05) is 13.0 Å². The van der Waals surface area contributed by atoms with E-state index < -0.39 is 0 Å². The summed E-state index contributed by atoms with van der Waals surface area (Å²) in [6, 6.07) is 6.26. The zero-order chi connectivity index (χ0) is 18.1. The van der Waals surface area contributed by atoms with Crippen LogP contribution in [0.15, 0.2) is 29.3 Å². The molecule has 7 heteroatoms. The van der Waals surface area contributed by atoms with Crippen LogP contribution in [-0.2, 0) is 0 Å². The zero-order valence-electron chi connectivity index (χ0n) is 16.0. The molecule has 0 bridgehead atoms. The van der Waals surface area contributed by atoms with Crippen LogP contribution in [-0.4, -0.2) is 56.7 Å². The van der Waals surface area contributed by atoms with E-state index >= 15 is 0 Å². The molecule has 2 atom stereocenters. The van der Waals surface area contributed by atoms with Crippen LogP contribution in [0.2, 0.25) is 0 Å². The van der Waals surface area contributed by atoms with Gasteiger partial charge in [-0.25, -0.2) is 9.38 Å². The number of benzene rings is 1. The summed E-state index contributed by atoms with van der Waals surface area (Å²) in [7, 11) is 2.16. The Hall–Kier alpha value is -1.09. The van der Waals surface area contributed by atoms with Gasteiger partial charge in [0.2, 0.25) is 0 Å². The zero-order valence-corrected chi connectivity index (χ0v) is 18.3. The summed E-state index contributed by atoms with van der Waals surface area (Å²) in [6.07, 6.45) is 1.96. The molecule has 0 aliphatic carbocycles. The highest BCUT2D eigenvalue weighted by Crippen LogP contribution is 2.15. The van der Waals surface area contributed by atoms with E-state index in [0.29, 0.717) is 18.2 Å². The van der Waals surface area contributed by atoms with Gasteiger partial charge in [0.15, 0.2) is 5.96 Å². The molecule has 148 valence electrons. The van der Waals surface area contributed by atoms with Gasteiger partial charge < -0.3 is 20.3 Å². The van der Waals surface area contributed by atoms with Crippen LogP contribution in [0.3, 0.4) is 0 Å². The molecule has 0 saturated carbocycles. The molecule has 0 radical (unpaired) electrons. The van der Waals surface area contributed by atoms with Crippen molar-refractivity contribution >= 4 is 29.9 Å². The fourth-order valence-electron chi connectivity index (χ4n) is 2.95. The summed E-state index contributed by atoms with van der Waals surface area (Å²) < 4.78 is 19.1. The Balaban J connectivity index is 0.00000338. The first-order valence-corrected chi connectivity index (χ1v) is 9.23. The van der Waals surface area contributed by atoms with Gasteiger partial charge in [0.05, 0.1) is 6.54 Å². The second-order valence-corrected chi connectivity index (χ2v) is 6.62. The molecule has 0 amide bonds. The van der Waals surface area contributed by atoms with Gasteiger partial charge in [0.25, 0.3) is 0 Å². The number of likely N-dealkylation sites (tertiary alicyclic amines) is 1. The Morgan fingerprint density at radius 1 is 1.38 bits per heavy atom. The summed E-state index contributed by atoms with van der Waals surface area (Å²) in [4.78, 5) is 7.00. The fourth-order valence-corrected chi connectivity index (χ4v) is 2.95. The monoisotopic (exact) mass is 478 g/mol. The number of guanidine groups is 1. The van der Waals surface area contributed by atoms with Crippen molar-refractivity contribution in [2.24, 2.45) is 10.9 Å². The quantitative estimate of drug-likeness (QED) is 0.343. The molecule has 2 N–H and O–H groups in total. The molecule has 0 aromatic heterocycles. The molecular formula is C19H32FIN4O. The van der Waals surface area contributed by atoms with Gasteiger partial charge in [0, 0.05) is 25.7 Å². The highest BCUT2D eigenvalue weighted by atomic mass is 127. The lowest BCUT2D eigenvalue weighted by atomic mass is 10.1. The topological polar surface area (TPSA) is 48.9 Å². The average molecular weight is 478 g/mol. The van der Waals surface area contributed by atoms with Crippen LogP contribution in [0.25, 0.3) is 0 Å². The standard InChI is InChI=1S/C19H31FN4O.HI/c1-4-17(25-18-8-6-7-16(20)11-18)13-23-19(21-5-2)22-12-15-9-10-24(3)14-15;/h6-8,11,15,17H,4-5,9-10,12-14H2,1-3H3,(H2,21,22,23);1H. The number of halogens is 2. The van der Waals surface area contributed by atoms with Gasteiger partial charge in [-0.05, 0) is 51.4 Å². The van der Waals surface area contributed by atoms with E-state index in [1.54, 1.807) is 12.1 Å². The Morgan fingerprint density at radius 3 is 2.81 bits per heavy atom. The van der Waals surface area contributed by atoms with Crippen molar-refractivity contribution in [2.75, 3.05) is 39.8 Å². The minimum atomic E-state index is -0.285. The van der Waals surface area contributed by atoms with E-state index in [1.165, 1.54) is 25.1 Å².